The Bertz CT molecular complexity index is 824. The van der Waals surface area contributed by atoms with Gasteiger partial charge in [0.2, 0.25) is 0 Å². The molecule has 0 saturated heterocycles. The first-order valence-electron chi connectivity index (χ1n) is 9.35. The van der Waals surface area contributed by atoms with Gasteiger partial charge in [0.1, 0.15) is 11.4 Å². The number of carbonyl (C=O) groups excluding carboxylic acids is 1. The molecule has 2 N–H and O–H groups in total. The molecule has 1 aromatic carbocycles. The molecule has 0 aliphatic carbocycles. The first-order chi connectivity index (χ1) is 12.8. The van der Waals surface area contributed by atoms with Crippen LogP contribution < -0.4 is 5.32 Å². The van der Waals surface area contributed by atoms with Gasteiger partial charge in [-0.1, -0.05) is 51.6 Å². The largest absolute Gasteiger partial charge is 0.444 e. The Labute approximate surface area is 167 Å². The van der Waals surface area contributed by atoms with Crippen LogP contribution in [0.15, 0.2) is 42.8 Å². The van der Waals surface area contributed by atoms with Crippen LogP contribution in [0.3, 0.4) is 0 Å². The molecule has 0 unspecified atom stereocenters. The molecule has 6 heteroatoms. The summed E-state index contributed by atoms with van der Waals surface area (Å²) in [7, 11) is 0. The summed E-state index contributed by atoms with van der Waals surface area (Å²) in [4.78, 5) is 19.6. The van der Waals surface area contributed by atoms with Gasteiger partial charge in [0.05, 0.1) is 6.04 Å². The van der Waals surface area contributed by atoms with Gasteiger partial charge in [-0.25, -0.2) is 9.78 Å². The molecule has 1 heterocycles. The van der Waals surface area contributed by atoms with Crippen molar-refractivity contribution in [2.24, 2.45) is 0 Å². The second-order valence-electron chi connectivity index (χ2n) is 8.95. The zero-order chi connectivity index (χ0) is 21.1. The highest BCUT2D eigenvalue weighted by Gasteiger charge is 2.23. The SMILES string of the molecule is C=C([O])[C@H](Cc1cnc(-c2ccc(C(C)(C)C)cc2)[nH]1)NC(=O)OC(C)(C)C. The Morgan fingerprint density at radius 1 is 1.18 bits per heavy atom. The van der Waals surface area contributed by atoms with E-state index in [4.69, 9.17) is 4.74 Å². The standard InChI is InChI=1S/C22H30N3O3/c1-14(26)18(25-20(27)28-22(5,6)7)12-17-13-23-19(24-17)15-8-10-16(11-9-15)21(2,3)4/h8-11,13,18H,1,12H2,2-7H3,(H,23,24)(H,25,27)/t18-/m0/s1. The molecule has 1 amide bonds. The van der Waals surface area contributed by atoms with Crippen molar-refractivity contribution in [3.8, 4) is 11.4 Å². The molecule has 1 radical (unpaired) electrons. The van der Waals surface area contributed by atoms with Gasteiger partial charge in [-0.15, -0.1) is 0 Å². The summed E-state index contributed by atoms with van der Waals surface area (Å²) >= 11 is 0. The van der Waals surface area contributed by atoms with E-state index in [1.54, 1.807) is 27.0 Å². The van der Waals surface area contributed by atoms with E-state index < -0.39 is 23.5 Å². The van der Waals surface area contributed by atoms with Crippen molar-refractivity contribution in [1.29, 1.82) is 0 Å². The number of benzene rings is 1. The van der Waals surface area contributed by atoms with E-state index in [1.807, 2.05) is 12.1 Å². The van der Waals surface area contributed by atoms with Crippen molar-refractivity contribution in [3.05, 3.63) is 54.1 Å². The first kappa shape index (κ1) is 21.5. The number of alkyl carbamates (subject to hydrolysis) is 1. The third kappa shape index (κ3) is 6.15. The minimum atomic E-state index is -0.786. The van der Waals surface area contributed by atoms with E-state index in [0.717, 1.165) is 11.3 Å². The predicted octanol–water partition coefficient (Wildman–Crippen LogP) is 4.75. The first-order valence-corrected chi connectivity index (χ1v) is 9.35. The van der Waals surface area contributed by atoms with Crippen molar-refractivity contribution in [2.75, 3.05) is 0 Å². The number of rotatable bonds is 5. The number of carbonyl (C=O) groups is 1. The van der Waals surface area contributed by atoms with E-state index in [-0.39, 0.29) is 11.8 Å². The summed E-state index contributed by atoms with van der Waals surface area (Å²) in [5.41, 5.74) is 2.37. The molecule has 1 aromatic heterocycles. The quantitative estimate of drug-likeness (QED) is 0.729. The molecule has 2 rings (SSSR count). The van der Waals surface area contributed by atoms with Gasteiger partial charge in [-0.3, -0.25) is 5.11 Å². The summed E-state index contributed by atoms with van der Waals surface area (Å²) in [5, 5.41) is 14.4. The number of aromatic amines is 1. The fraction of sp³-hybridized carbons (Fsp3) is 0.455. The molecule has 0 saturated carbocycles. The van der Waals surface area contributed by atoms with Gasteiger partial charge >= 0.3 is 6.09 Å². The highest BCUT2D eigenvalue weighted by atomic mass is 16.6. The van der Waals surface area contributed by atoms with Crippen LogP contribution in [0.25, 0.3) is 11.4 Å². The number of amides is 1. The van der Waals surface area contributed by atoms with Crippen molar-refractivity contribution in [2.45, 2.75) is 65.0 Å². The lowest BCUT2D eigenvalue weighted by Crippen LogP contribution is -2.41. The molecular weight excluding hydrogens is 354 g/mol. The lowest BCUT2D eigenvalue weighted by atomic mass is 9.87. The third-order valence-corrected chi connectivity index (χ3v) is 4.16. The second kappa shape index (κ2) is 8.09. The predicted molar refractivity (Wildman–Crippen MR) is 109 cm³/mol. The van der Waals surface area contributed by atoms with E-state index in [9.17, 15) is 9.90 Å². The maximum Gasteiger partial charge on any atom is 0.408 e. The number of H-pyrrole nitrogens is 1. The van der Waals surface area contributed by atoms with Gasteiger partial charge in [0.25, 0.3) is 0 Å². The summed E-state index contributed by atoms with van der Waals surface area (Å²) in [6, 6.07) is 7.43. The Hall–Kier alpha value is -2.76. The minimum Gasteiger partial charge on any atom is -0.444 e. The molecule has 1 atom stereocenters. The average Bonchev–Trinajstić information content (AvgIpc) is 3.00. The lowest BCUT2D eigenvalue weighted by Gasteiger charge is -2.22. The molecule has 2 aromatic rings. The Morgan fingerprint density at radius 2 is 1.79 bits per heavy atom. The van der Waals surface area contributed by atoms with E-state index >= 15 is 0 Å². The monoisotopic (exact) mass is 384 g/mol. The number of hydrogen-bond acceptors (Lipinski definition) is 3. The molecule has 0 spiro atoms. The second-order valence-corrected chi connectivity index (χ2v) is 8.95. The van der Waals surface area contributed by atoms with Crippen LogP contribution in [-0.2, 0) is 21.7 Å². The molecule has 6 nitrogen and oxygen atoms in total. The van der Waals surface area contributed by atoms with Crippen LogP contribution >= 0.6 is 0 Å². The minimum absolute atomic E-state index is 0.0852. The summed E-state index contributed by atoms with van der Waals surface area (Å²) < 4.78 is 5.21. The summed E-state index contributed by atoms with van der Waals surface area (Å²) in [6.07, 6.45) is 1.28. The fourth-order valence-electron chi connectivity index (χ4n) is 2.65. The maximum absolute atomic E-state index is 12.0. The molecule has 28 heavy (non-hydrogen) atoms. The van der Waals surface area contributed by atoms with Crippen LogP contribution in [0.5, 0.6) is 0 Å². The molecule has 0 bridgehead atoms. The van der Waals surface area contributed by atoms with Crippen molar-refractivity contribution in [1.82, 2.24) is 15.3 Å². The van der Waals surface area contributed by atoms with Crippen LogP contribution in [0.1, 0.15) is 52.8 Å². The number of hydrogen-bond donors (Lipinski definition) is 2. The van der Waals surface area contributed by atoms with E-state index in [2.05, 4.69) is 54.8 Å². The van der Waals surface area contributed by atoms with Gasteiger partial charge in [0, 0.05) is 23.9 Å². The zero-order valence-electron chi connectivity index (χ0n) is 17.6. The average molecular weight is 385 g/mol. The maximum atomic E-state index is 12.0. The number of imidazole rings is 1. The van der Waals surface area contributed by atoms with Crippen molar-refractivity contribution >= 4 is 6.09 Å². The number of ether oxygens (including phenoxy) is 1. The summed E-state index contributed by atoms with van der Waals surface area (Å²) in [6.45, 7) is 15.2. The number of nitrogens with one attached hydrogen (secondary N) is 2. The molecular formula is C22H30N3O3. The van der Waals surface area contributed by atoms with Gasteiger partial charge < -0.3 is 15.0 Å². The Morgan fingerprint density at radius 3 is 2.29 bits per heavy atom. The highest BCUT2D eigenvalue weighted by Crippen LogP contribution is 2.25. The molecule has 0 fully saturated rings. The van der Waals surface area contributed by atoms with Crippen LogP contribution in [0.4, 0.5) is 4.79 Å². The van der Waals surface area contributed by atoms with Gasteiger partial charge in [-0.05, 0) is 31.7 Å². The van der Waals surface area contributed by atoms with Crippen LogP contribution in [-0.4, -0.2) is 27.7 Å². The van der Waals surface area contributed by atoms with Gasteiger partial charge in [-0.2, -0.15) is 0 Å². The zero-order valence-corrected chi connectivity index (χ0v) is 17.6. The van der Waals surface area contributed by atoms with E-state index in [1.165, 1.54) is 5.56 Å². The molecule has 0 aliphatic rings. The Kier molecular flexibility index (Phi) is 6.22. The van der Waals surface area contributed by atoms with Crippen molar-refractivity contribution < 1.29 is 14.6 Å². The molecule has 151 valence electrons. The summed E-state index contributed by atoms with van der Waals surface area (Å²) in [5.74, 6) is 0.319. The van der Waals surface area contributed by atoms with Gasteiger partial charge in [0.15, 0.2) is 5.76 Å². The van der Waals surface area contributed by atoms with E-state index in [0.29, 0.717) is 5.82 Å². The number of nitrogens with zero attached hydrogens (tertiary/aromatic N) is 1. The lowest BCUT2D eigenvalue weighted by molar-refractivity contribution is 0.0495. The van der Waals surface area contributed by atoms with Crippen LogP contribution in [0, 0.1) is 0 Å². The van der Waals surface area contributed by atoms with Crippen molar-refractivity contribution in [3.63, 3.8) is 0 Å². The Balaban J connectivity index is 2.09. The smallest absolute Gasteiger partial charge is 0.408 e. The molecule has 0 aliphatic heterocycles. The third-order valence-electron chi connectivity index (χ3n) is 4.16. The number of aromatic nitrogens is 2. The topological polar surface area (TPSA) is 86.9 Å². The van der Waals surface area contributed by atoms with Crippen LogP contribution in [0.2, 0.25) is 0 Å². The highest BCUT2D eigenvalue weighted by molar-refractivity contribution is 5.68. The normalized spacial score (nSPS) is 13.1. The fourth-order valence-corrected chi connectivity index (χ4v) is 2.65.